The van der Waals surface area contributed by atoms with Crippen molar-refractivity contribution < 1.29 is 32.6 Å². The Morgan fingerprint density at radius 3 is 2.64 bits per heavy atom. The average Bonchev–Trinajstić information content (AvgIpc) is 2.92. The first kappa shape index (κ1) is 16.1. The van der Waals surface area contributed by atoms with Crippen molar-refractivity contribution in [1.29, 1.82) is 0 Å². The Kier molecular flexibility index (Phi) is 3.99. The molecule has 1 N–H and O–H groups in total. The second-order valence-corrected chi connectivity index (χ2v) is 4.92. The largest absolute Gasteiger partial charge is 0.481 e. The maximum absolute atomic E-state index is 13.1. The number of carbonyl (C=O) groups is 2. The van der Waals surface area contributed by atoms with Gasteiger partial charge in [0, 0.05) is 19.3 Å². The van der Waals surface area contributed by atoms with Gasteiger partial charge in [0.05, 0.1) is 7.11 Å². The van der Waals surface area contributed by atoms with Gasteiger partial charge in [0.25, 0.3) is 5.91 Å². The zero-order valence-electron chi connectivity index (χ0n) is 11.6. The van der Waals surface area contributed by atoms with Crippen LogP contribution in [-0.2, 0) is 4.79 Å². The highest BCUT2D eigenvalue weighted by Crippen LogP contribution is 2.46. The van der Waals surface area contributed by atoms with Gasteiger partial charge < -0.3 is 14.7 Å². The quantitative estimate of drug-likeness (QED) is 0.915. The summed E-state index contributed by atoms with van der Waals surface area (Å²) in [6.45, 7) is -1.23. The first-order valence-electron chi connectivity index (χ1n) is 6.31. The maximum Gasteiger partial charge on any atom is 0.406 e. The van der Waals surface area contributed by atoms with Gasteiger partial charge in [-0.15, -0.1) is 0 Å². The van der Waals surface area contributed by atoms with Gasteiger partial charge in [-0.25, -0.2) is 4.98 Å². The molecule has 0 saturated carbocycles. The smallest absolute Gasteiger partial charge is 0.406 e. The highest BCUT2D eigenvalue weighted by Gasteiger charge is 2.64. The number of rotatable bonds is 3. The molecule has 22 heavy (non-hydrogen) atoms. The molecule has 1 atom stereocenters. The van der Waals surface area contributed by atoms with Crippen LogP contribution in [-0.4, -0.2) is 53.2 Å². The molecule has 0 bridgehead atoms. The molecule has 2 heterocycles. The number of carboxylic acid groups (broad SMARTS) is 1. The van der Waals surface area contributed by atoms with Crippen LogP contribution in [0.15, 0.2) is 18.3 Å². The van der Waals surface area contributed by atoms with Crippen molar-refractivity contribution in [3.63, 3.8) is 0 Å². The second-order valence-electron chi connectivity index (χ2n) is 4.92. The molecule has 9 heteroatoms. The fraction of sp³-hybridized carbons (Fsp3) is 0.462. The Balaban J connectivity index is 2.29. The molecule has 0 radical (unpaired) electrons. The molecule has 1 saturated heterocycles. The molecule has 0 aliphatic carbocycles. The minimum Gasteiger partial charge on any atom is -0.481 e. The van der Waals surface area contributed by atoms with E-state index in [1.54, 1.807) is 0 Å². The van der Waals surface area contributed by atoms with Crippen molar-refractivity contribution in [2.75, 3.05) is 20.2 Å². The number of pyridine rings is 1. The predicted molar refractivity (Wildman–Crippen MR) is 67.4 cm³/mol. The van der Waals surface area contributed by atoms with E-state index < -0.39 is 36.4 Å². The molecule has 120 valence electrons. The third kappa shape index (κ3) is 2.46. The number of aromatic nitrogens is 1. The van der Waals surface area contributed by atoms with Crippen molar-refractivity contribution in [3.8, 4) is 5.88 Å². The van der Waals surface area contributed by atoms with Crippen LogP contribution in [0.2, 0.25) is 0 Å². The van der Waals surface area contributed by atoms with E-state index in [0.29, 0.717) is 0 Å². The lowest BCUT2D eigenvalue weighted by Gasteiger charge is -2.27. The topological polar surface area (TPSA) is 79.7 Å². The van der Waals surface area contributed by atoms with E-state index in [0.717, 1.165) is 4.90 Å². The number of amides is 1. The Hall–Kier alpha value is -2.32. The van der Waals surface area contributed by atoms with Crippen LogP contribution in [0.5, 0.6) is 5.88 Å². The first-order valence-corrected chi connectivity index (χ1v) is 6.31. The number of aliphatic carboxylic acids is 1. The normalized spacial score (nSPS) is 21.7. The number of ether oxygens (including phenoxy) is 1. The zero-order valence-corrected chi connectivity index (χ0v) is 11.6. The van der Waals surface area contributed by atoms with Crippen molar-refractivity contribution in [2.45, 2.75) is 12.6 Å². The third-order valence-electron chi connectivity index (χ3n) is 3.70. The lowest BCUT2D eigenvalue weighted by molar-refractivity contribution is -0.227. The van der Waals surface area contributed by atoms with E-state index in [1.165, 1.54) is 25.4 Å². The van der Waals surface area contributed by atoms with Gasteiger partial charge in [-0.2, -0.15) is 13.2 Å². The molecular formula is C13H13F3N2O4. The van der Waals surface area contributed by atoms with Crippen LogP contribution < -0.4 is 4.74 Å². The molecular weight excluding hydrogens is 305 g/mol. The number of carboxylic acids is 1. The fourth-order valence-corrected chi connectivity index (χ4v) is 2.40. The predicted octanol–water partition coefficient (Wildman–Crippen LogP) is 1.57. The molecule has 6 nitrogen and oxygen atoms in total. The summed E-state index contributed by atoms with van der Waals surface area (Å²) in [5.74, 6) is -2.74. The Labute approximate surface area is 123 Å². The summed E-state index contributed by atoms with van der Waals surface area (Å²) in [4.78, 5) is 28.1. The van der Waals surface area contributed by atoms with E-state index in [1.807, 2.05) is 0 Å². The van der Waals surface area contributed by atoms with E-state index in [2.05, 4.69) is 4.98 Å². The maximum atomic E-state index is 13.1. The highest BCUT2D eigenvalue weighted by molar-refractivity contribution is 5.97. The molecule has 1 fully saturated rings. The number of likely N-dealkylation sites (tertiary alicyclic amines) is 1. The van der Waals surface area contributed by atoms with Gasteiger partial charge in [-0.3, -0.25) is 9.59 Å². The van der Waals surface area contributed by atoms with Crippen LogP contribution in [0, 0.1) is 5.41 Å². The molecule has 0 spiro atoms. The van der Waals surface area contributed by atoms with Crippen molar-refractivity contribution >= 4 is 11.9 Å². The summed E-state index contributed by atoms with van der Waals surface area (Å²) >= 11 is 0. The van der Waals surface area contributed by atoms with Crippen LogP contribution in [0.4, 0.5) is 13.2 Å². The molecule has 1 amide bonds. The summed E-state index contributed by atoms with van der Waals surface area (Å²) in [5, 5.41) is 8.98. The average molecular weight is 318 g/mol. The van der Waals surface area contributed by atoms with Gasteiger partial charge >= 0.3 is 12.1 Å². The first-order chi connectivity index (χ1) is 10.2. The Bertz CT molecular complexity index is 605. The van der Waals surface area contributed by atoms with Crippen LogP contribution in [0.25, 0.3) is 0 Å². The van der Waals surface area contributed by atoms with Crippen molar-refractivity contribution in [1.82, 2.24) is 9.88 Å². The molecule has 2 rings (SSSR count). The van der Waals surface area contributed by atoms with Crippen LogP contribution in [0.3, 0.4) is 0 Å². The lowest BCUT2D eigenvalue weighted by atomic mass is 9.86. The van der Waals surface area contributed by atoms with Gasteiger partial charge in [0.1, 0.15) is 5.56 Å². The van der Waals surface area contributed by atoms with Crippen molar-refractivity contribution in [3.05, 3.63) is 23.9 Å². The van der Waals surface area contributed by atoms with Crippen LogP contribution >= 0.6 is 0 Å². The summed E-state index contributed by atoms with van der Waals surface area (Å²) in [7, 11) is 1.28. The number of hydrogen-bond donors (Lipinski definition) is 1. The summed E-state index contributed by atoms with van der Waals surface area (Å²) in [5.41, 5.74) is -2.94. The summed E-state index contributed by atoms with van der Waals surface area (Å²) < 4.78 is 44.2. The molecule has 1 aromatic heterocycles. The second kappa shape index (κ2) is 5.47. The van der Waals surface area contributed by atoms with Gasteiger partial charge in [0.15, 0.2) is 5.41 Å². The number of carbonyl (C=O) groups excluding carboxylic acids is 1. The number of alkyl halides is 3. The van der Waals surface area contributed by atoms with Gasteiger partial charge in [-0.05, 0) is 18.6 Å². The fourth-order valence-electron chi connectivity index (χ4n) is 2.40. The lowest BCUT2D eigenvalue weighted by Crippen LogP contribution is -2.47. The van der Waals surface area contributed by atoms with Crippen LogP contribution in [0.1, 0.15) is 16.8 Å². The van der Waals surface area contributed by atoms with Crippen molar-refractivity contribution in [2.24, 2.45) is 5.41 Å². The Morgan fingerprint density at radius 2 is 2.14 bits per heavy atom. The van der Waals surface area contributed by atoms with Gasteiger partial charge in [0.2, 0.25) is 5.88 Å². The number of halogens is 3. The van der Waals surface area contributed by atoms with E-state index >= 15 is 0 Å². The van der Waals surface area contributed by atoms with E-state index in [4.69, 9.17) is 9.84 Å². The molecule has 1 aliphatic heterocycles. The third-order valence-corrected chi connectivity index (χ3v) is 3.70. The van der Waals surface area contributed by atoms with Gasteiger partial charge in [-0.1, -0.05) is 0 Å². The summed E-state index contributed by atoms with van der Waals surface area (Å²) in [6.07, 6.45) is -4.25. The standard InChI is InChI=1S/C13H13F3N2O4/c1-22-9-8(3-2-5-17-9)10(19)18-6-4-12(7-18,11(20)21)13(14,15)16/h2-3,5H,4,6-7H2,1H3,(H,20,21). The number of nitrogens with zero attached hydrogens (tertiary/aromatic N) is 2. The molecule has 1 aliphatic rings. The summed E-state index contributed by atoms with van der Waals surface area (Å²) in [6, 6.07) is 2.81. The zero-order chi connectivity index (χ0) is 16.5. The number of hydrogen-bond acceptors (Lipinski definition) is 4. The molecule has 1 aromatic rings. The molecule has 0 aromatic carbocycles. The van der Waals surface area contributed by atoms with E-state index in [9.17, 15) is 22.8 Å². The van der Waals surface area contributed by atoms with E-state index in [-0.39, 0.29) is 18.0 Å². The minimum absolute atomic E-state index is 0.00615. The SMILES string of the molecule is COc1ncccc1C(=O)N1CCC(C(=O)O)(C(F)(F)F)C1. The molecule has 1 unspecified atom stereocenters. The minimum atomic E-state index is -4.94. The highest BCUT2D eigenvalue weighted by atomic mass is 19.4. The Morgan fingerprint density at radius 1 is 1.45 bits per heavy atom. The number of methoxy groups -OCH3 is 1. The monoisotopic (exact) mass is 318 g/mol.